The van der Waals surface area contributed by atoms with Crippen LogP contribution in [-0.4, -0.2) is 52.8 Å². The van der Waals surface area contributed by atoms with Crippen molar-refractivity contribution >= 4 is 18.0 Å². The Hall–Kier alpha value is -2.87. The maximum Gasteiger partial charge on any atom is 0.418 e. The zero-order valence-corrected chi connectivity index (χ0v) is 16.4. The van der Waals surface area contributed by atoms with Crippen molar-refractivity contribution in [2.75, 3.05) is 13.2 Å². The van der Waals surface area contributed by atoms with Crippen molar-refractivity contribution in [3.05, 3.63) is 47.2 Å². The Morgan fingerprint density at radius 1 is 1.18 bits per heavy atom. The average Bonchev–Trinajstić information content (AvgIpc) is 2.85. The molecule has 0 fully saturated rings. The summed E-state index contributed by atoms with van der Waals surface area (Å²) >= 11 is 0. The van der Waals surface area contributed by atoms with Gasteiger partial charge in [-0.25, -0.2) is 14.5 Å². The van der Waals surface area contributed by atoms with E-state index in [2.05, 4.69) is 0 Å². The molecule has 1 atom stereocenters. The quantitative estimate of drug-likeness (QED) is 0.587. The second-order valence-corrected chi connectivity index (χ2v) is 7.15. The molecule has 0 saturated heterocycles. The molecule has 2 rings (SSSR count). The van der Waals surface area contributed by atoms with Gasteiger partial charge in [0.2, 0.25) is 0 Å². The van der Waals surface area contributed by atoms with Gasteiger partial charge < -0.3 is 19.3 Å². The smallest absolute Gasteiger partial charge is 0.418 e. The molecule has 0 radical (unpaired) electrons. The van der Waals surface area contributed by atoms with Gasteiger partial charge in [0.1, 0.15) is 17.4 Å². The van der Waals surface area contributed by atoms with Crippen molar-refractivity contribution in [2.24, 2.45) is 0 Å². The van der Waals surface area contributed by atoms with E-state index < -0.39 is 40.9 Å². The monoisotopic (exact) mass is 391 g/mol. The number of imide groups is 1. The summed E-state index contributed by atoms with van der Waals surface area (Å²) in [4.78, 5) is 37.9. The van der Waals surface area contributed by atoms with Gasteiger partial charge >= 0.3 is 12.1 Å². The number of carbonyl (C=O) groups excluding carboxylic acids is 3. The SMILES string of the molecule is CCOC(=O)C1=C(O)[C@H](COCc2ccccc2)N(C(=O)OC(C)(C)C)C1=O. The predicted molar refractivity (Wildman–Crippen MR) is 99.3 cm³/mol. The molecule has 1 aromatic rings. The number of hydrogen-bond donors (Lipinski definition) is 1. The van der Waals surface area contributed by atoms with E-state index in [-0.39, 0.29) is 19.8 Å². The molecule has 0 spiro atoms. The molecule has 1 aliphatic rings. The third kappa shape index (κ3) is 5.10. The first-order valence-corrected chi connectivity index (χ1v) is 8.94. The molecular weight excluding hydrogens is 366 g/mol. The number of amides is 2. The van der Waals surface area contributed by atoms with Crippen LogP contribution in [0.25, 0.3) is 0 Å². The van der Waals surface area contributed by atoms with E-state index in [1.165, 1.54) is 0 Å². The highest BCUT2D eigenvalue weighted by Crippen LogP contribution is 2.28. The fraction of sp³-hybridized carbons (Fsp3) is 0.450. The molecule has 1 N–H and O–H groups in total. The Bertz CT molecular complexity index is 765. The van der Waals surface area contributed by atoms with Crippen LogP contribution < -0.4 is 0 Å². The molecule has 8 nitrogen and oxygen atoms in total. The van der Waals surface area contributed by atoms with Crippen molar-refractivity contribution in [1.29, 1.82) is 0 Å². The van der Waals surface area contributed by atoms with Crippen LogP contribution in [-0.2, 0) is 30.4 Å². The molecule has 1 heterocycles. The predicted octanol–water partition coefficient (Wildman–Crippen LogP) is 2.72. The number of carbonyl (C=O) groups is 3. The number of aliphatic hydroxyl groups is 1. The highest BCUT2D eigenvalue weighted by Gasteiger charge is 2.48. The summed E-state index contributed by atoms with van der Waals surface area (Å²) in [5.41, 5.74) is -0.569. The Balaban J connectivity index is 2.22. The van der Waals surface area contributed by atoms with Gasteiger partial charge in [0.15, 0.2) is 5.57 Å². The van der Waals surface area contributed by atoms with E-state index in [0.29, 0.717) is 4.90 Å². The maximum absolute atomic E-state index is 12.7. The van der Waals surface area contributed by atoms with Crippen molar-refractivity contribution < 1.29 is 33.7 Å². The van der Waals surface area contributed by atoms with Crippen LogP contribution in [0.2, 0.25) is 0 Å². The summed E-state index contributed by atoms with van der Waals surface area (Å²) < 4.78 is 15.6. The first-order valence-electron chi connectivity index (χ1n) is 8.94. The van der Waals surface area contributed by atoms with E-state index in [0.717, 1.165) is 5.56 Å². The molecule has 152 valence electrons. The second kappa shape index (κ2) is 8.88. The number of rotatable bonds is 6. The lowest BCUT2D eigenvalue weighted by atomic mass is 10.2. The van der Waals surface area contributed by atoms with Gasteiger partial charge in [-0.05, 0) is 33.3 Å². The van der Waals surface area contributed by atoms with Crippen LogP contribution in [0.4, 0.5) is 4.79 Å². The minimum Gasteiger partial charge on any atom is -0.509 e. The van der Waals surface area contributed by atoms with Gasteiger partial charge in [-0.15, -0.1) is 0 Å². The first-order chi connectivity index (χ1) is 13.2. The standard InChI is InChI=1S/C20H25NO7/c1-5-27-18(24)15-16(22)14(12-26-11-13-9-7-6-8-10-13)21(17(15)23)19(25)28-20(2,3)4/h6-10,14,22H,5,11-12H2,1-4H3/t14-/m0/s1. The molecule has 8 heteroatoms. The number of hydrogen-bond acceptors (Lipinski definition) is 7. The normalized spacial score (nSPS) is 17.1. The summed E-state index contributed by atoms with van der Waals surface area (Å²) in [6.07, 6.45) is -0.975. The average molecular weight is 391 g/mol. The Kier molecular flexibility index (Phi) is 6.80. The summed E-state index contributed by atoms with van der Waals surface area (Å²) in [6.45, 7) is 6.53. The second-order valence-electron chi connectivity index (χ2n) is 7.15. The molecule has 28 heavy (non-hydrogen) atoms. The molecule has 1 aliphatic heterocycles. The Morgan fingerprint density at radius 3 is 2.39 bits per heavy atom. The molecule has 1 aromatic carbocycles. The molecule has 0 aliphatic carbocycles. The van der Waals surface area contributed by atoms with E-state index in [1.54, 1.807) is 27.7 Å². The van der Waals surface area contributed by atoms with Gasteiger partial charge in [0.25, 0.3) is 5.91 Å². The number of nitrogens with zero attached hydrogens (tertiary/aromatic N) is 1. The van der Waals surface area contributed by atoms with Crippen molar-refractivity contribution in [3.8, 4) is 0 Å². The molecule has 0 saturated carbocycles. The zero-order chi connectivity index (χ0) is 20.9. The molecule has 0 bridgehead atoms. The van der Waals surface area contributed by atoms with Gasteiger partial charge in [-0.2, -0.15) is 0 Å². The van der Waals surface area contributed by atoms with Gasteiger partial charge in [0.05, 0.1) is 19.8 Å². The van der Waals surface area contributed by atoms with Crippen molar-refractivity contribution in [1.82, 2.24) is 4.90 Å². The van der Waals surface area contributed by atoms with Crippen LogP contribution in [0, 0.1) is 0 Å². The lowest BCUT2D eigenvalue weighted by Crippen LogP contribution is -2.46. The summed E-state index contributed by atoms with van der Waals surface area (Å²) in [6, 6.07) is 8.09. The third-order valence-corrected chi connectivity index (χ3v) is 3.77. The van der Waals surface area contributed by atoms with Crippen LogP contribution >= 0.6 is 0 Å². The number of ether oxygens (including phenoxy) is 3. The van der Waals surface area contributed by atoms with Gasteiger partial charge in [0, 0.05) is 0 Å². The van der Waals surface area contributed by atoms with Crippen LogP contribution in [0.5, 0.6) is 0 Å². The third-order valence-electron chi connectivity index (χ3n) is 3.77. The number of benzene rings is 1. The van der Waals surface area contributed by atoms with E-state index in [4.69, 9.17) is 14.2 Å². The highest BCUT2D eigenvalue weighted by atomic mass is 16.6. The molecule has 0 unspecified atom stereocenters. The number of aliphatic hydroxyl groups excluding tert-OH is 1. The summed E-state index contributed by atoms with van der Waals surface area (Å²) in [5, 5.41) is 10.5. The van der Waals surface area contributed by atoms with Crippen molar-refractivity contribution in [3.63, 3.8) is 0 Å². The van der Waals surface area contributed by atoms with Crippen LogP contribution in [0.1, 0.15) is 33.3 Å². The molecule has 2 amide bonds. The lowest BCUT2D eigenvalue weighted by Gasteiger charge is -2.27. The largest absolute Gasteiger partial charge is 0.509 e. The van der Waals surface area contributed by atoms with E-state index >= 15 is 0 Å². The van der Waals surface area contributed by atoms with Gasteiger partial charge in [-0.1, -0.05) is 30.3 Å². The fourth-order valence-electron chi connectivity index (χ4n) is 2.59. The fourth-order valence-corrected chi connectivity index (χ4v) is 2.59. The van der Waals surface area contributed by atoms with Crippen LogP contribution in [0.15, 0.2) is 41.7 Å². The summed E-state index contributed by atoms with van der Waals surface area (Å²) in [7, 11) is 0. The minimum atomic E-state index is -1.18. The van der Waals surface area contributed by atoms with E-state index in [1.807, 2.05) is 30.3 Å². The minimum absolute atomic E-state index is 0.0184. The number of esters is 1. The topological polar surface area (TPSA) is 102 Å². The molecular formula is C20H25NO7. The zero-order valence-electron chi connectivity index (χ0n) is 16.4. The Morgan fingerprint density at radius 2 is 1.82 bits per heavy atom. The first kappa shape index (κ1) is 21.4. The van der Waals surface area contributed by atoms with E-state index in [9.17, 15) is 19.5 Å². The lowest BCUT2D eigenvalue weighted by molar-refractivity contribution is -0.141. The summed E-state index contributed by atoms with van der Waals surface area (Å²) in [5.74, 6) is -2.54. The molecule has 0 aromatic heterocycles. The highest BCUT2D eigenvalue weighted by molar-refractivity contribution is 6.22. The maximum atomic E-state index is 12.7. The van der Waals surface area contributed by atoms with Crippen molar-refractivity contribution in [2.45, 2.75) is 45.9 Å². The van der Waals surface area contributed by atoms with Gasteiger partial charge in [-0.3, -0.25) is 4.79 Å². The Labute approximate surface area is 163 Å². The van der Waals surface area contributed by atoms with Crippen LogP contribution in [0.3, 0.4) is 0 Å².